The highest BCUT2D eigenvalue weighted by molar-refractivity contribution is 5.98. The number of carbonyl (C=O) groups is 4. The van der Waals surface area contributed by atoms with Crippen LogP contribution in [0.5, 0.6) is 0 Å². The van der Waals surface area contributed by atoms with Gasteiger partial charge in [0.1, 0.15) is 6.04 Å². The van der Waals surface area contributed by atoms with Gasteiger partial charge in [0.05, 0.1) is 19.0 Å². The molecule has 3 aliphatic rings. The summed E-state index contributed by atoms with van der Waals surface area (Å²) in [6.07, 6.45) is 4.35. The lowest BCUT2D eigenvalue weighted by molar-refractivity contribution is -0.139. The van der Waals surface area contributed by atoms with E-state index in [-0.39, 0.29) is 55.4 Å². The molecule has 1 aromatic rings. The number of hydrogen-bond donors (Lipinski definition) is 0. The van der Waals surface area contributed by atoms with Crippen molar-refractivity contribution in [1.29, 1.82) is 0 Å². The van der Waals surface area contributed by atoms with Crippen molar-refractivity contribution >= 4 is 23.5 Å². The van der Waals surface area contributed by atoms with Crippen LogP contribution >= 0.6 is 0 Å². The van der Waals surface area contributed by atoms with Crippen molar-refractivity contribution in [3.8, 4) is 0 Å². The molecule has 2 unspecified atom stereocenters. The Bertz CT molecular complexity index is 853. The maximum absolute atomic E-state index is 12.8. The van der Waals surface area contributed by atoms with Crippen molar-refractivity contribution in [2.45, 2.75) is 37.8 Å². The van der Waals surface area contributed by atoms with Crippen LogP contribution < -0.4 is 0 Å². The van der Waals surface area contributed by atoms with Crippen molar-refractivity contribution < 1.29 is 19.2 Å². The molecule has 0 saturated carbocycles. The second-order valence-electron chi connectivity index (χ2n) is 8.60. The summed E-state index contributed by atoms with van der Waals surface area (Å²) in [7, 11) is 2.03. The molecule has 9 heteroatoms. The lowest BCUT2D eigenvalue weighted by Crippen LogP contribution is -2.47. The molecule has 0 spiro atoms. The van der Waals surface area contributed by atoms with Gasteiger partial charge in [-0.05, 0) is 25.1 Å². The van der Waals surface area contributed by atoms with Crippen LogP contribution in [-0.4, -0.2) is 106 Å². The Kier molecular flexibility index (Phi) is 6.31. The molecular weight excluding hydrogens is 398 g/mol. The molecule has 0 aliphatic carbocycles. The zero-order valence-electron chi connectivity index (χ0n) is 17.9. The average Bonchev–Trinajstić information content (AvgIpc) is 3.34. The van der Waals surface area contributed by atoms with Crippen LogP contribution in [0.15, 0.2) is 24.5 Å². The van der Waals surface area contributed by atoms with Crippen molar-refractivity contribution in [2.75, 3.05) is 46.3 Å². The molecule has 3 saturated heterocycles. The molecule has 4 rings (SSSR count). The Morgan fingerprint density at radius 3 is 2.45 bits per heavy atom. The fourth-order valence-electron chi connectivity index (χ4n) is 4.77. The van der Waals surface area contributed by atoms with Crippen LogP contribution in [0.3, 0.4) is 0 Å². The van der Waals surface area contributed by atoms with E-state index in [0.717, 1.165) is 18.7 Å². The normalized spacial score (nSPS) is 23.9. The van der Waals surface area contributed by atoms with E-state index in [1.165, 1.54) is 0 Å². The molecule has 3 fully saturated rings. The van der Waals surface area contributed by atoms with Crippen LogP contribution in [0.25, 0.3) is 0 Å². The van der Waals surface area contributed by atoms with Crippen molar-refractivity contribution in [1.82, 2.24) is 24.6 Å². The van der Waals surface area contributed by atoms with E-state index in [1.54, 1.807) is 33.2 Å². The minimum absolute atomic E-state index is 0.0109. The Morgan fingerprint density at radius 2 is 1.74 bits per heavy atom. The third-order valence-corrected chi connectivity index (χ3v) is 6.55. The molecular formula is C22H29N5O4. The minimum atomic E-state index is -0.580. The molecule has 0 bridgehead atoms. The van der Waals surface area contributed by atoms with Gasteiger partial charge >= 0.3 is 0 Å². The first-order chi connectivity index (χ1) is 14.9. The maximum atomic E-state index is 12.8. The summed E-state index contributed by atoms with van der Waals surface area (Å²) in [5.41, 5.74) is 0.803. The number of hydrogen-bond acceptors (Lipinski definition) is 6. The molecule has 0 aromatic carbocycles. The Hall–Kier alpha value is -2.81. The average molecular weight is 428 g/mol. The van der Waals surface area contributed by atoms with Crippen LogP contribution in [-0.2, 0) is 25.6 Å². The zero-order chi connectivity index (χ0) is 22.0. The molecule has 9 nitrogen and oxygen atoms in total. The lowest BCUT2D eigenvalue weighted by Gasteiger charge is -2.32. The largest absolute Gasteiger partial charge is 0.340 e. The summed E-state index contributed by atoms with van der Waals surface area (Å²) in [4.78, 5) is 61.9. The SMILES string of the molecule is CN1CCN(C(=O)CCC(=O)N2CCC3C2C(=O)CN3C(=O)Cc2cccnc2)CC1. The van der Waals surface area contributed by atoms with Gasteiger partial charge in [-0.25, -0.2) is 0 Å². The van der Waals surface area contributed by atoms with E-state index >= 15 is 0 Å². The molecule has 3 amide bonds. The van der Waals surface area contributed by atoms with Crippen LogP contribution in [0.1, 0.15) is 24.8 Å². The second-order valence-corrected chi connectivity index (χ2v) is 8.60. The molecule has 0 radical (unpaired) electrons. The minimum Gasteiger partial charge on any atom is -0.340 e. The highest BCUT2D eigenvalue weighted by Gasteiger charge is 2.51. The van der Waals surface area contributed by atoms with Gasteiger partial charge in [0.15, 0.2) is 5.78 Å². The van der Waals surface area contributed by atoms with Gasteiger partial charge in [-0.1, -0.05) is 6.07 Å². The first kappa shape index (κ1) is 21.4. The zero-order valence-corrected chi connectivity index (χ0v) is 17.9. The number of ketones is 1. The fraction of sp³-hybridized carbons (Fsp3) is 0.591. The first-order valence-corrected chi connectivity index (χ1v) is 10.9. The molecule has 166 valence electrons. The fourth-order valence-corrected chi connectivity index (χ4v) is 4.77. The summed E-state index contributed by atoms with van der Waals surface area (Å²) in [6.45, 7) is 3.53. The summed E-state index contributed by atoms with van der Waals surface area (Å²) in [6, 6.07) is 2.76. The van der Waals surface area contributed by atoms with Crippen molar-refractivity contribution in [3.05, 3.63) is 30.1 Å². The number of carbonyl (C=O) groups excluding carboxylic acids is 4. The molecule has 2 atom stereocenters. The topological polar surface area (TPSA) is 94.1 Å². The van der Waals surface area contributed by atoms with E-state index in [2.05, 4.69) is 9.88 Å². The number of pyridine rings is 1. The monoisotopic (exact) mass is 427 g/mol. The number of piperazine rings is 1. The van der Waals surface area contributed by atoms with E-state index in [4.69, 9.17) is 0 Å². The lowest BCUT2D eigenvalue weighted by atomic mass is 10.1. The summed E-state index contributed by atoms with van der Waals surface area (Å²) < 4.78 is 0. The third kappa shape index (κ3) is 4.61. The Balaban J connectivity index is 1.32. The third-order valence-electron chi connectivity index (χ3n) is 6.55. The van der Waals surface area contributed by atoms with Gasteiger partial charge in [0, 0.05) is 58.0 Å². The second kappa shape index (κ2) is 9.13. The van der Waals surface area contributed by atoms with Crippen LogP contribution in [0, 0.1) is 0 Å². The summed E-state index contributed by atoms with van der Waals surface area (Å²) in [5.74, 6) is -0.401. The summed E-state index contributed by atoms with van der Waals surface area (Å²) in [5, 5.41) is 0. The smallest absolute Gasteiger partial charge is 0.227 e. The molecule has 3 aliphatic heterocycles. The number of aromatic nitrogens is 1. The predicted octanol–water partition coefficient (Wildman–Crippen LogP) is -0.441. The summed E-state index contributed by atoms with van der Waals surface area (Å²) >= 11 is 0. The van der Waals surface area contributed by atoms with E-state index in [1.807, 2.05) is 13.1 Å². The van der Waals surface area contributed by atoms with Gasteiger partial charge in [-0.3, -0.25) is 24.2 Å². The van der Waals surface area contributed by atoms with Gasteiger partial charge in [0.25, 0.3) is 0 Å². The molecule has 1 aromatic heterocycles. The molecule has 4 heterocycles. The van der Waals surface area contributed by atoms with Crippen LogP contribution in [0.4, 0.5) is 0 Å². The number of nitrogens with zero attached hydrogens (tertiary/aromatic N) is 5. The molecule has 31 heavy (non-hydrogen) atoms. The quantitative estimate of drug-likeness (QED) is 0.632. The van der Waals surface area contributed by atoms with Gasteiger partial charge in [0.2, 0.25) is 17.7 Å². The Labute approximate surface area is 182 Å². The first-order valence-electron chi connectivity index (χ1n) is 10.9. The van der Waals surface area contributed by atoms with Gasteiger partial charge in [-0.15, -0.1) is 0 Å². The van der Waals surface area contributed by atoms with Crippen molar-refractivity contribution in [2.24, 2.45) is 0 Å². The predicted molar refractivity (Wildman–Crippen MR) is 112 cm³/mol. The van der Waals surface area contributed by atoms with E-state index in [9.17, 15) is 19.2 Å². The number of Topliss-reactive ketones (excluding diaryl/α,β-unsaturated/α-hetero) is 1. The highest BCUT2D eigenvalue weighted by atomic mass is 16.2. The highest BCUT2D eigenvalue weighted by Crippen LogP contribution is 2.30. The van der Waals surface area contributed by atoms with E-state index in [0.29, 0.717) is 26.1 Å². The number of rotatable bonds is 5. The number of fused-ring (bicyclic) bond motifs is 1. The standard InChI is InChI=1S/C22H29N5O4/c1-24-9-11-25(12-10-24)19(29)4-5-20(30)26-8-6-17-22(26)18(28)15-27(17)21(31)13-16-3-2-7-23-14-16/h2-3,7,14,17,22H,4-6,8-13,15H2,1H3. The molecule has 0 N–H and O–H groups in total. The number of likely N-dealkylation sites (N-methyl/N-ethyl adjacent to an activating group) is 1. The Morgan fingerprint density at radius 1 is 1.00 bits per heavy atom. The van der Waals surface area contributed by atoms with Crippen molar-refractivity contribution in [3.63, 3.8) is 0 Å². The van der Waals surface area contributed by atoms with E-state index < -0.39 is 6.04 Å². The number of amides is 3. The van der Waals surface area contributed by atoms with Gasteiger partial charge < -0.3 is 19.6 Å². The van der Waals surface area contributed by atoms with Gasteiger partial charge in [-0.2, -0.15) is 0 Å². The maximum Gasteiger partial charge on any atom is 0.227 e. The van der Waals surface area contributed by atoms with Crippen LogP contribution in [0.2, 0.25) is 0 Å². The number of likely N-dealkylation sites (tertiary alicyclic amines) is 2.